The van der Waals surface area contributed by atoms with Crippen LogP contribution >= 0.6 is 23.4 Å². The van der Waals surface area contributed by atoms with Crippen molar-refractivity contribution >= 4 is 56.3 Å². The number of carbonyl (C=O) groups is 3. The van der Waals surface area contributed by atoms with Crippen molar-refractivity contribution in [1.29, 1.82) is 0 Å². The molecule has 0 saturated carbocycles. The summed E-state index contributed by atoms with van der Waals surface area (Å²) in [6, 6.07) is 6.35. The molecule has 0 radical (unpaired) electrons. The molecule has 7 nitrogen and oxygen atoms in total. The highest BCUT2D eigenvalue weighted by atomic mass is 35.5. The van der Waals surface area contributed by atoms with Gasteiger partial charge in [-0.15, -0.1) is 0 Å². The number of rotatable bonds is 5. The third-order valence-electron chi connectivity index (χ3n) is 3.90. The lowest BCUT2D eigenvalue weighted by Crippen LogP contribution is -2.38. The molecule has 1 fully saturated rings. The fourth-order valence-corrected chi connectivity index (χ4v) is 4.87. The Hall–Kier alpha value is -2.10. The Kier molecular flexibility index (Phi) is 5.73. The van der Waals surface area contributed by atoms with Crippen LogP contribution in [0.1, 0.15) is 12.0 Å². The van der Waals surface area contributed by atoms with Crippen LogP contribution in [0.15, 0.2) is 40.7 Å². The third-order valence-corrected chi connectivity index (χ3v) is 6.55. The molecule has 3 rings (SSSR count). The van der Waals surface area contributed by atoms with Gasteiger partial charge in [0.2, 0.25) is 5.91 Å². The number of nitrogens with one attached hydrogen (secondary N) is 1. The minimum Gasteiger partial charge on any atom is -0.349 e. The second-order valence-corrected chi connectivity index (χ2v) is 9.27. The first kappa shape index (κ1) is 19.7. The maximum Gasteiger partial charge on any atom is 0.293 e. The summed E-state index contributed by atoms with van der Waals surface area (Å²) in [5.74, 6) is -1.10. The minimum atomic E-state index is -3.27. The summed E-state index contributed by atoms with van der Waals surface area (Å²) in [4.78, 5) is 37.7. The summed E-state index contributed by atoms with van der Waals surface area (Å²) >= 11 is 6.85. The molecule has 27 heavy (non-hydrogen) atoms. The highest BCUT2D eigenvalue weighted by Gasteiger charge is 2.35. The molecule has 1 N–H and O–H groups in total. The average Bonchev–Trinajstić information content (AvgIpc) is 3.07. The lowest BCUT2D eigenvalue weighted by Gasteiger charge is -2.14. The fourth-order valence-electron chi connectivity index (χ4n) is 2.58. The Morgan fingerprint density at radius 1 is 1.33 bits per heavy atom. The molecule has 1 atom stereocenters. The number of thioether (sulfide) groups is 1. The highest BCUT2D eigenvalue weighted by molar-refractivity contribution is 8.18. The van der Waals surface area contributed by atoms with E-state index in [2.05, 4.69) is 5.32 Å². The van der Waals surface area contributed by atoms with Crippen LogP contribution < -0.4 is 5.32 Å². The number of nitrogens with zero attached hydrogens (tertiary/aromatic N) is 1. The van der Waals surface area contributed by atoms with E-state index in [1.807, 2.05) is 0 Å². The molecule has 10 heteroatoms. The van der Waals surface area contributed by atoms with Gasteiger partial charge in [-0.25, -0.2) is 8.42 Å². The van der Waals surface area contributed by atoms with E-state index < -0.39 is 32.9 Å². The van der Waals surface area contributed by atoms with Crippen LogP contribution in [0.4, 0.5) is 4.79 Å². The van der Waals surface area contributed by atoms with Gasteiger partial charge in [-0.2, -0.15) is 0 Å². The van der Waals surface area contributed by atoms with E-state index in [1.54, 1.807) is 30.3 Å². The zero-order valence-electron chi connectivity index (χ0n) is 13.9. The molecule has 0 spiro atoms. The number of imide groups is 1. The highest BCUT2D eigenvalue weighted by Crippen LogP contribution is 2.33. The molecule has 142 valence electrons. The van der Waals surface area contributed by atoms with Crippen LogP contribution in [-0.4, -0.2) is 48.7 Å². The van der Waals surface area contributed by atoms with Gasteiger partial charge in [0.05, 0.1) is 16.7 Å². The van der Waals surface area contributed by atoms with Crippen LogP contribution in [0.2, 0.25) is 5.02 Å². The van der Waals surface area contributed by atoms with Crippen molar-refractivity contribution in [2.75, 3.05) is 12.3 Å². The van der Waals surface area contributed by atoms with E-state index >= 15 is 0 Å². The van der Waals surface area contributed by atoms with Crippen molar-refractivity contribution in [3.8, 4) is 0 Å². The molecule has 1 aromatic rings. The van der Waals surface area contributed by atoms with E-state index in [9.17, 15) is 22.8 Å². The normalized spacial score (nSPS) is 22.6. The minimum absolute atomic E-state index is 0.0838. The van der Waals surface area contributed by atoms with Crippen LogP contribution in [0.3, 0.4) is 0 Å². The van der Waals surface area contributed by atoms with Gasteiger partial charge < -0.3 is 5.32 Å². The van der Waals surface area contributed by atoms with Crippen LogP contribution in [0.25, 0.3) is 6.08 Å². The SMILES string of the molecule is O=C(CCN1C(=O)S/C(=C/c2ccccc2Cl)C1=O)N[C@@H]1C=CS(=O)(=O)C1. The largest absolute Gasteiger partial charge is 0.349 e. The standard InChI is InChI=1S/C17H15ClN2O5S2/c18-13-4-2-1-3-11(13)9-14-16(22)20(17(23)26-14)7-5-15(21)19-12-6-8-27(24,25)10-12/h1-4,6,8-9,12H,5,7,10H2,(H,19,21)/b14-9+/t12-/m1/s1. The van der Waals surface area contributed by atoms with Crippen LogP contribution in [-0.2, 0) is 19.4 Å². The molecule has 2 aliphatic rings. The zero-order valence-corrected chi connectivity index (χ0v) is 16.3. The summed E-state index contributed by atoms with van der Waals surface area (Å²) in [6.07, 6.45) is 2.84. The molecule has 1 saturated heterocycles. The van der Waals surface area contributed by atoms with Crippen molar-refractivity contribution in [2.24, 2.45) is 0 Å². The van der Waals surface area contributed by atoms with E-state index in [1.165, 1.54) is 6.08 Å². The number of hydrogen-bond donors (Lipinski definition) is 1. The Morgan fingerprint density at radius 3 is 2.74 bits per heavy atom. The summed E-state index contributed by atoms with van der Waals surface area (Å²) in [5, 5.41) is 3.61. The molecular weight excluding hydrogens is 412 g/mol. The average molecular weight is 427 g/mol. The van der Waals surface area contributed by atoms with E-state index in [0.29, 0.717) is 10.6 Å². The quantitative estimate of drug-likeness (QED) is 0.724. The lowest BCUT2D eigenvalue weighted by atomic mass is 10.2. The summed E-state index contributed by atoms with van der Waals surface area (Å²) in [6.45, 7) is -0.0838. The van der Waals surface area contributed by atoms with Crippen LogP contribution in [0.5, 0.6) is 0 Å². The predicted molar refractivity (Wildman–Crippen MR) is 104 cm³/mol. The number of benzene rings is 1. The van der Waals surface area contributed by atoms with E-state index in [0.717, 1.165) is 22.1 Å². The number of amides is 3. The molecule has 0 bridgehead atoms. The van der Waals surface area contributed by atoms with Crippen molar-refractivity contribution in [3.63, 3.8) is 0 Å². The number of hydrogen-bond acceptors (Lipinski definition) is 6. The van der Waals surface area contributed by atoms with Crippen LogP contribution in [0, 0.1) is 0 Å². The first-order chi connectivity index (χ1) is 12.7. The molecule has 2 heterocycles. The second kappa shape index (κ2) is 7.87. The molecule has 2 aliphatic heterocycles. The zero-order chi connectivity index (χ0) is 19.6. The molecule has 3 amide bonds. The Bertz CT molecular complexity index is 971. The Morgan fingerprint density at radius 2 is 2.07 bits per heavy atom. The molecule has 0 aromatic heterocycles. The lowest BCUT2D eigenvalue weighted by molar-refractivity contribution is -0.124. The summed E-state index contributed by atoms with van der Waals surface area (Å²) in [5.41, 5.74) is 0.622. The van der Waals surface area contributed by atoms with Gasteiger partial charge in [0.1, 0.15) is 0 Å². The van der Waals surface area contributed by atoms with Gasteiger partial charge in [-0.05, 0) is 35.5 Å². The first-order valence-corrected chi connectivity index (χ1v) is 10.9. The Balaban J connectivity index is 1.59. The predicted octanol–water partition coefficient (Wildman–Crippen LogP) is 2.19. The van der Waals surface area contributed by atoms with Gasteiger partial charge in [0.15, 0.2) is 9.84 Å². The number of carbonyl (C=O) groups excluding carboxylic acids is 3. The molecule has 1 aromatic carbocycles. The van der Waals surface area contributed by atoms with Crippen molar-refractivity contribution in [1.82, 2.24) is 10.2 Å². The topological polar surface area (TPSA) is 101 Å². The first-order valence-electron chi connectivity index (χ1n) is 7.95. The fraction of sp³-hybridized carbons (Fsp3) is 0.235. The third kappa shape index (κ3) is 4.79. The number of sulfone groups is 1. The summed E-state index contributed by atoms with van der Waals surface area (Å²) < 4.78 is 22.7. The monoisotopic (exact) mass is 426 g/mol. The van der Waals surface area contributed by atoms with Crippen molar-refractivity contribution in [2.45, 2.75) is 12.5 Å². The molecule has 0 unspecified atom stereocenters. The van der Waals surface area contributed by atoms with Gasteiger partial charge in [-0.1, -0.05) is 29.8 Å². The van der Waals surface area contributed by atoms with E-state index in [4.69, 9.17) is 11.6 Å². The van der Waals surface area contributed by atoms with Crippen molar-refractivity contribution in [3.05, 3.63) is 51.2 Å². The van der Waals surface area contributed by atoms with Gasteiger partial charge in [-0.3, -0.25) is 19.3 Å². The number of halogens is 1. The maximum atomic E-state index is 12.4. The smallest absolute Gasteiger partial charge is 0.293 e. The van der Waals surface area contributed by atoms with Gasteiger partial charge in [0.25, 0.3) is 11.1 Å². The molecule has 0 aliphatic carbocycles. The van der Waals surface area contributed by atoms with Gasteiger partial charge in [0, 0.05) is 23.4 Å². The van der Waals surface area contributed by atoms with E-state index in [-0.39, 0.29) is 23.6 Å². The van der Waals surface area contributed by atoms with Gasteiger partial charge >= 0.3 is 0 Å². The second-order valence-electron chi connectivity index (χ2n) is 5.94. The molecular formula is C17H15ClN2O5S2. The summed E-state index contributed by atoms with van der Waals surface area (Å²) in [7, 11) is -3.27. The van der Waals surface area contributed by atoms with Crippen molar-refractivity contribution < 1.29 is 22.8 Å². The maximum absolute atomic E-state index is 12.4. The Labute approximate surface area is 165 Å².